The minimum Gasteiger partial charge on any atom is -0.394 e. The zero-order chi connectivity index (χ0) is 60.5. The molecular formula is C64H117NO18. The van der Waals surface area contributed by atoms with Crippen molar-refractivity contribution in [1.82, 2.24) is 5.32 Å². The first kappa shape index (κ1) is 75.3. The van der Waals surface area contributed by atoms with Crippen LogP contribution in [0.3, 0.4) is 0 Å². The Morgan fingerprint density at radius 2 is 0.795 bits per heavy atom. The molecule has 0 aliphatic carbocycles. The summed E-state index contributed by atoms with van der Waals surface area (Å²) in [6.45, 7) is 1.71. The standard InChI is InChI=1S/C64H117NO18/c1-3-5-7-9-11-13-15-17-19-21-23-25-27-29-31-33-35-37-39-41-48(69)47(65-52(70)42-40-38-36-34-32-30-28-26-24-22-20-18-16-14-12-10-8-6-4-2)46-78-62-58(76)55(73)60(50(44-67)80-62)83-64-59(77)56(74)61(51(45-68)81-64)82-63-57(75)54(72)53(71)49(43-66)79-63/h12,14,18,20,39,41,47-51,53-64,66-69,71-77H,3-11,13,15-17,19,21-38,40,42-46H2,1-2H3,(H,65,70)/b14-12-,20-18-,41-39+. The molecule has 19 nitrogen and oxygen atoms in total. The predicted octanol–water partition coefficient (Wildman–Crippen LogP) is 7.27. The third-order valence-electron chi connectivity index (χ3n) is 16.4. The molecule has 19 heteroatoms. The molecule has 0 saturated carbocycles. The number of unbranched alkanes of at least 4 members (excludes halogenated alkanes) is 29. The van der Waals surface area contributed by atoms with Crippen LogP contribution in [0.5, 0.6) is 0 Å². The Morgan fingerprint density at radius 3 is 1.25 bits per heavy atom. The van der Waals surface area contributed by atoms with Gasteiger partial charge in [0.05, 0.1) is 38.6 Å². The van der Waals surface area contributed by atoms with Crippen LogP contribution < -0.4 is 5.32 Å². The van der Waals surface area contributed by atoms with Gasteiger partial charge in [-0.2, -0.15) is 0 Å². The smallest absolute Gasteiger partial charge is 0.220 e. The van der Waals surface area contributed by atoms with Gasteiger partial charge in [-0.15, -0.1) is 0 Å². The molecule has 3 fully saturated rings. The quantitative estimate of drug-likeness (QED) is 0.0211. The number of carbonyl (C=O) groups is 1. The molecule has 3 rings (SSSR count). The van der Waals surface area contributed by atoms with Crippen LogP contribution in [0.4, 0.5) is 0 Å². The van der Waals surface area contributed by atoms with Gasteiger partial charge in [0.25, 0.3) is 0 Å². The zero-order valence-corrected chi connectivity index (χ0v) is 50.9. The Labute approximate surface area is 498 Å². The minimum atomic E-state index is -1.98. The lowest BCUT2D eigenvalue weighted by molar-refractivity contribution is -0.379. The van der Waals surface area contributed by atoms with E-state index >= 15 is 0 Å². The summed E-state index contributed by atoms with van der Waals surface area (Å²) in [6.07, 6.45) is 25.4. The van der Waals surface area contributed by atoms with E-state index in [1.807, 2.05) is 6.08 Å². The summed E-state index contributed by atoms with van der Waals surface area (Å²) in [7, 11) is 0. The van der Waals surface area contributed by atoms with Crippen molar-refractivity contribution in [3.05, 3.63) is 36.5 Å². The predicted molar refractivity (Wildman–Crippen MR) is 319 cm³/mol. The number of aliphatic hydroxyl groups is 11. The molecule has 486 valence electrons. The molecule has 17 atom stereocenters. The molecule has 0 aromatic carbocycles. The monoisotopic (exact) mass is 1190 g/mol. The van der Waals surface area contributed by atoms with Crippen LogP contribution in [0.15, 0.2) is 36.5 Å². The summed E-state index contributed by atoms with van der Waals surface area (Å²) in [5.74, 6) is -0.279. The summed E-state index contributed by atoms with van der Waals surface area (Å²) in [5, 5.41) is 120. The van der Waals surface area contributed by atoms with Crippen LogP contribution >= 0.6 is 0 Å². The van der Waals surface area contributed by atoms with Gasteiger partial charge in [0, 0.05) is 6.42 Å². The van der Waals surface area contributed by atoms with E-state index in [2.05, 4.69) is 43.5 Å². The molecule has 17 unspecified atom stereocenters. The number of carbonyl (C=O) groups excluding carboxylic acids is 1. The van der Waals surface area contributed by atoms with Gasteiger partial charge >= 0.3 is 0 Å². The molecule has 3 heterocycles. The number of allylic oxidation sites excluding steroid dienone is 5. The first-order chi connectivity index (χ1) is 40.3. The maximum atomic E-state index is 13.4. The van der Waals surface area contributed by atoms with Crippen LogP contribution in [-0.4, -0.2) is 193 Å². The maximum Gasteiger partial charge on any atom is 0.220 e. The van der Waals surface area contributed by atoms with Gasteiger partial charge in [0.15, 0.2) is 18.9 Å². The Balaban J connectivity index is 1.48. The lowest BCUT2D eigenvalue weighted by Gasteiger charge is -2.48. The number of nitrogens with one attached hydrogen (secondary N) is 1. The van der Waals surface area contributed by atoms with Gasteiger partial charge in [0.1, 0.15) is 73.2 Å². The lowest BCUT2D eigenvalue weighted by Crippen LogP contribution is -2.66. The van der Waals surface area contributed by atoms with E-state index in [1.165, 1.54) is 141 Å². The van der Waals surface area contributed by atoms with Crippen molar-refractivity contribution >= 4 is 5.91 Å². The van der Waals surface area contributed by atoms with E-state index in [0.717, 1.165) is 64.2 Å². The SMILES string of the molecule is CCCCC/C=C\C/C=C\CCCCCCCCCCCC(=O)NC(COC1OC(CO)C(OC2OC(CO)C(OC3OC(CO)C(O)C(O)C3O)C(O)C2O)C(O)C1O)C(O)/C=C/CCCCCCCCCCCCCCCCCCC. The van der Waals surface area contributed by atoms with E-state index < -0.39 is 124 Å². The maximum absolute atomic E-state index is 13.4. The Kier molecular flexibility index (Phi) is 42.7. The second-order valence-electron chi connectivity index (χ2n) is 23.6. The average Bonchev–Trinajstić information content (AvgIpc) is 3.43. The highest BCUT2D eigenvalue weighted by molar-refractivity contribution is 5.76. The van der Waals surface area contributed by atoms with Crippen molar-refractivity contribution in [3.8, 4) is 0 Å². The van der Waals surface area contributed by atoms with Crippen LogP contribution in [-0.2, 0) is 33.2 Å². The molecule has 12 N–H and O–H groups in total. The third-order valence-corrected chi connectivity index (χ3v) is 16.4. The van der Waals surface area contributed by atoms with Gasteiger partial charge in [-0.3, -0.25) is 4.79 Å². The molecule has 0 aromatic heterocycles. The molecule has 1 amide bonds. The van der Waals surface area contributed by atoms with E-state index in [9.17, 15) is 61.0 Å². The van der Waals surface area contributed by atoms with Crippen molar-refractivity contribution in [3.63, 3.8) is 0 Å². The molecule has 3 aliphatic heterocycles. The fourth-order valence-electron chi connectivity index (χ4n) is 11.0. The Bertz CT molecular complexity index is 1660. The summed E-state index contributed by atoms with van der Waals surface area (Å²) in [5.41, 5.74) is 0. The second kappa shape index (κ2) is 47.1. The topological polar surface area (TPSA) is 307 Å². The van der Waals surface area contributed by atoms with Gasteiger partial charge in [-0.05, 0) is 51.4 Å². The van der Waals surface area contributed by atoms with Gasteiger partial charge in [-0.25, -0.2) is 0 Å². The minimum absolute atomic E-state index is 0.239. The number of rotatable bonds is 49. The molecule has 83 heavy (non-hydrogen) atoms. The zero-order valence-electron chi connectivity index (χ0n) is 50.9. The molecule has 3 aliphatic rings. The molecule has 0 spiro atoms. The summed E-state index contributed by atoms with van der Waals surface area (Å²) < 4.78 is 34.3. The second-order valence-corrected chi connectivity index (χ2v) is 23.6. The highest BCUT2D eigenvalue weighted by Crippen LogP contribution is 2.33. The summed E-state index contributed by atoms with van der Waals surface area (Å²) in [4.78, 5) is 13.4. The van der Waals surface area contributed by atoms with E-state index in [1.54, 1.807) is 6.08 Å². The molecule has 0 aromatic rings. The number of hydrogen-bond donors (Lipinski definition) is 12. The molecule has 3 saturated heterocycles. The number of aliphatic hydroxyl groups excluding tert-OH is 11. The number of hydrogen-bond acceptors (Lipinski definition) is 18. The van der Waals surface area contributed by atoms with Gasteiger partial charge in [0.2, 0.25) is 5.91 Å². The molecular weight excluding hydrogens is 1070 g/mol. The van der Waals surface area contributed by atoms with Crippen molar-refractivity contribution < 1.29 is 89.4 Å². The average molecular weight is 1190 g/mol. The highest BCUT2D eigenvalue weighted by Gasteiger charge is 2.53. The third kappa shape index (κ3) is 30.2. The first-order valence-corrected chi connectivity index (χ1v) is 32.7. The van der Waals surface area contributed by atoms with Crippen LogP contribution in [0.25, 0.3) is 0 Å². The largest absolute Gasteiger partial charge is 0.394 e. The van der Waals surface area contributed by atoms with Crippen LogP contribution in [0.1, 0.15) is 232 Å². The molecule has 0 radical (unpaired) electrons. The van der Waals surface area contributed by atoms with Crippen molar-refractivity contribution in [2.45, 2.75) is 336 Å². The van der Waals surface area contributed by atoms with E-state index in [0.29, 0.717) is 6.42 Å². The van der Waals surface area contributed by atoms with Gasteiger partial charge < -0.3 is 89.9 Å². The first-order valence-electron chi connectivity index (χ1n) is 32.7. The highest BCUT2D eigenvalue weighted by atomic mass is 16.8. The van der Waals surface area contributed by atoms with Crippen LogP contribution in [0, 0.1) is 0 Å². The normalized spacial score (nSPS) is 29.6. The lowest BCUT2D eigenvalue weighted by atomic mass is 9.96. The number of ether oxygens (including phenoxy) is 6. The summed E-state index contributed by atoms with van der Waals surface area (Å²) >= 11 is 0. The molecule has 0 bridgehead atoms. The van der Waals surface area contributed by atoms with Crippen molar-refractivity contribution in [2.24, 2.45) is 0 Å². The fraction of sp³-hybridized carbons (Fsp3) is 0.891. The van der Waals surface area contributed by atoms with E-state index in [4.69, 9.17) is 28.4 Å². The fourth-order valence-corrected chi connectivity index (χ4v) is 11.0. The van der Waals surface area contributed by atoms with E-state index in [-0.39, 0.29) is 18.9 Å². The number of amides is 1. The van der Waals surface area contributed by atoms with Crippen LogP contribution in [0.2, 0.25) is 0 Å². The summed E-state index contributed by atoms with van der Waals surface area (Å²) in [6, 6.07) is -0.975. The van der Waals surface area contributed by atoms with Crippen molar-refractivity contribution in [1.29, 1.82) is 0 Å². The van der Waals surface area contributed by atoms with Crippen molar-refractivity contribution in [2.75, 3.05) is 26.4 Å². The Morgan fingerprint density at radius 1 is 0.434 bits per heavy atom. The Hall–Kier alpha value is -1.99. The van der Waals surface area contributed by atoms with Gasteiger partial charge in [-0.1, -0.05) is 211 Å².